The molecule has 0 radical (unpaired) electrons. The van der Waals surface area contributed by atoms with Gasteiger partial charge in [0, 0.05) is 20.1 Å². The van der Waals surface area contributed by atoms with Gasteiger partial charge in [0.2, 0.25) is 10.0 Å². The normalized spacial score (nSPS) is 24.5. The predicted molar refractivity (Wildman–Crippen MR) is 81.9 cm³/mol. The lowest BCUT2D eigenvalue weighted by Crippen LogP contribution is -2.30. The van der Waals surface area contributed by atoms with Gasteiger partial charge in [0.05, 0.1) is 21.9 Å². The number of hydrogen-bond donors (Lipinski definition) is 1. The van der Waals surface area contributed by atoms with Crippen molar-refractivity contribution in [3.8, 4) is 0 Å². The average Bonchev–Trinajstić information content (AvgIpc) is 3.03. The Labute approximate surface area is 138 Å². The fourth-order valence-electron chi connectivity index (χ4n) is 3.09. The number of hydrogen-bond acceptors (Lipinski definition) is 5. The van der Waals surface area contributed by atoms with E-state index in [4.69, 9.17) is 5.11 Å². The molecule has 24 heavy (non-hydrogen) atoms. The van der Waals surface area contributed by atoms with Crippen molar-refractivity contribution in [1.82, 2.24) is 9.21 Å². The monoisotopic (exact) mass is 352 g/mol. The summed E-state index contributed by atoms with van der Waals surface area (Å²) in [5, 5.41) is 9.15. The molecule has 0 bridgehead atoms. The number of carbonyl (C=O) groups is 3. The SMILES string of the molecule is C[C@@H]1CN(S(=O)(=O)c2ccc3c(c2)C(=O)N(C)C3=O)C[C@H]1C(=O)O. The van der Waals surface area contributed by atoms with Crippen molar-refractivity contribution in [2.24, 2.45) is 11.8 Å². The second-order valence-electron chi connectivity index (χ2n) is 6.12. The summed E-state index contributed by atoms with van der Waals surface area (Å²) in [5.74, 6) is -3.12. The summed E-state index contributed by atoms with van der Waals surface area (Å²) in [6.07, 6.45) is 0. The van der Waals surface area contributed by atoms with E-state index in [1.165, 1.54) is 25.2 Å². The Morgan fingerprint density at radius 2 is 1.79 bits per heavy atom. The van der Waals surface area contributed by atoms with Crippen molar-refractivity contribution < 1.29 is 27.9 Å². The highest BCUT2D eigenvalue weighted by molar-refractivity contribution is 7.89. The smallest absolute Gasteiger partial charge is 0.308 e. The first-order valence-corrected chi connectivity index (χ1v) is 8.78. The number of nitrogens with zero attached hydrogens (tertiary/aromatic N) is 2. The van der Waals surface area contributed by atoms with Gasteiger partial charge in [0.25, 0.3) is 11.8 Å². The number of carboxylic acids is 1. The van der Waals surface area contributed by atoms with Gasteiger partial charge in [0.15, 0.2) is 0 Å². The van der Waals surface area contributed by atoms with E-state index in [2.05, 4.69) is 0 Å². The van der Waals surface area contributed by atoms with Crippen LogP contribution in [0.4, 0.5) is 0 Å². The minimum Gasteiger partial charge on any atom is -0.481 e. The van der Waals surface area contributed by atoms with Crippen LogP contribution in [-0.2, 0) is 14.8 Å². The van der Waals surface area contributed by atoms with E-state index in [0.29, 0.717) is 0 Å². The minimum atomic E-state index is -3.93. The molecule has 2 heterocycles. The largest absolute Gasteiger partial charge is 0.481 e. The second kappa shape index (κ2) is 5.38. The summed E-state index contributed by atoms with van der Waals surface area (Å²) >= 11 is 0. The highest BCUT2D eigenvalue weighted by Crippen LogP contribution is 2.31. The van der Waals surface area contributed by atoms with Crippen molar-refractivity contribution in [2.45, 2.75) is 11.8 Å². The molecular weight excluding hydrogens is 336 g/mol. The van der Waals surface area contributed by atoms with Crippen LogP contribution in [0.5, 0.6) is 0 Å². The third-order valence-corrected chi connectivity index (χ3v) is 6.42. The van der Waals surface area contributed by atoms with E-state index >= 15 is 0 Å². The average molecular weight is 352 g/mol. The van der Waals surface area contributed by atoms with Gasteiger partial charge in [-0.3, -0.25) is 19.3 Å². The Kier molecular flexibility index (Phi) is 3.72. The lowest BCUT2D eigenvalue weighted by molar-refractivity contribution is -0.142. The van der Waals surface area contributed by atoms with E-state index in [1.807, 2.05) is 0 Å². The number of fused-ring (bicyclic) bond motifs is 1. The van der Waals surface area contributed by atoms with Gasteiger partial charge in [-0.1, -0.05) is 6.92 Å². The van der Waals surface area contributed by atoms with Crippen molar-refractivity contribution in [3.63, 3.8) is 0 Å². The Bertz CT molecular complexity index is 863. The number of sulfonamides is 1. The molecule has 1 aromatic rings. The molecule has 3 rings (SSSR count). The van der Waals surface area contributed by atoms with E-state index in [1.54, 1.807) is 6.92 Å². The zero-order chi connectivity index (χ0) is 17.8. The van der Waals surface area contributed by atoms with E-state index in [0.717, 1.165) is 9.21 Å². The maximum atomic E-state index is 12.7. The molecule has 1 saturated heterocycles. The van der Waals surface area contributed by atoms with Crippen molar-refractivity contribution >= 4 is 27.8 Å². The zero-order valence-corrected chi connectivity index (χ0v) is 13.9. The van der Waals surface area contributed by atoms with Crippen LogP contribution in [0.15, 0.2) is 23.1 Å². The molecule has 2 aliphatic heterocycles. The molecule has 2 amide bonds. The molecule has 0 unspecified atom stereocenters. The molecule has 1 fully saturated rings. The van der Waals surface area contributed by atoms with Gasteiger partial charge >= 0.3 is 5.97 Å². The predicted octanol–water partition coefficient (Wildman–Crippen LogP) is 0.254. The lowest BCUT2D eigenvalue weighted by atomic mass is 9.99. The number of amides is 2. The van der Waals surface area contributed by atoms with E-state index < -0.39 is 33.7 Å². The summed E-state index contributed by atoms with van der Waals surface area (Å²) < 4.78 is 26.6. The van der Waals surface area contributed by atoms with Crippen LogP contribution in [0.3, 0.4) is 0 Å². The molecule has 2 aliphatic rings. The van der Waals surface area contributed by atoms with Gasteiger partial charge in [-0.25, -0.2) is 8.42 Å². The van der Waals surface area contributed by atoms with Gasteiger partial charge < -0.3 is 5.11 Å². The van der Waals surface area contributed by atoms with Crippen LogP contribution >= 0.6 is 0 Å². The highest BCUT2D eigenvalue weighted by atomic mass is 32.2. The van der Waals surface area contributed by atoms with Gasteiger partial charge in [0.1, 0.15) is 0 Å². The molecule has 0 aromatic heterocycles. The number of carboxylic acid groups (broad SMARTS) is 1. The van der Waals surface area contributed by atoms with Gasteiger partial charge in [-0.2, -0.15) is 4.31 Å². The van der Waals surface area contributed by atoms with Crippen molar-refractivity contribution in [1.29, 1.82) is 0 Å². The first-order chi connectivity index (χ1) is 11.1. The Balaban J connectivity index is 1.97. The van der Waals surface area contributed by atoms with Crippen LogP contribution in [0.1, 0.15) is 27.6 Å². The highest BCUT2D eigenvalue weighted by Gasteiger charge is 2.41. The Morgan fingerprint density at radius 3 is 2.38 bits per heavy atom. The van der Waals surface area contributed by atoms with Crippen LogP contribution < -0.4 is 0 Å². The fraction of sp³-hybridized carbons (Fsp3) is 0.400. The van der Waals surface area contributed by atoms with Crippen LogP contribution in [0.2, 0.25) is 0 Å². The maximum Gasteiger partial charge on any atom is 0.308 e. The zero-order valence-electron chi connectivity index (χ0n) is 13.1. The van der Waals surface area contributed by atoms with Crippen LogP contribution in [0, 0.1) is 11.8 Å². The third-order valence-electron chi connectivity index (χ3n) is 4.59. The van der Waals surface area contributed by atoms with E-state index in [-0.39, 0.29) is 35.0 Å². The molecule has 128 valence electrons. The molecule has 8 nitrogen and oxygen atoms in total. The van der Waals surface area contributed by atoms with Crippen LogP contribution in [0.25, 0.3) is 0 Å². The van der Waals surface area contributed by atoms with Gasteiger partial charge in [-0.15, -0.1) is 0 Å². The Hall–Kier alpha value is -2.26. The summed E-state index contributed by atoms with van der Waals surface area (Å²) in [6.45, 7) is 1.68. The van der Waals surface area contributed by atoms with Crippen molar-refractivity contribution in [2.75, 3.05) is 20.1 Å². The second-order valence-corrected chi connectivity index (χ2v) is 8.06. The fourth-order valence-corrected chi connectivity index (χ4v) is 4.68. The molecular formula is C15H16N2O6S. The minimum absolute atomic E-state index is 0.0469. The molecule has 2 atom stereocenters. The number of imide groups is 1. The van der Waals surface area contributed by atoms with Crippen LogP contribution in [-0.4, -0.2) is 60.7 Å². The first-order valence-electron chi connectivity index (χ1n) is 7.34. The molecule has 0 aliphatic carbocycles. The quantitative estimate of drug-likeness (QED) is 0.781. The number of aliphatic carboxylic acids is 1. The standard InChI is InChI=1S/C15H16N2O6S/c1-8-6-17(7-12(8)15(20)21)24(22,23)9-3-4-10-11(5-9)14(19)16(2)13(10)18/h3-5,8,12H,6-7H2,1-2H3,(H,20,21)/t8-,12-/m1/s1. The summed E-state index contributed by atoms with van der Waals surface area (Å²) in [4.78, 5) is 35.9. The third kappa shape index (κ3) is 2.31. The molecule has 9 heteroatoms. The first kappa shape index (κ1) is 16.6. The topological polar surface area (TPSA) is 112 Å². The van der Waals surface area contributed by atoms with Crippen molar-refractivity contribution in [3.05, 3.63) is 29.3 Å². The number of rotatable bonds is 3. The number of carbonyl (C=O) groups excluding carboxylic acids is 2. The summed E-state index contributed by atoms with van der Waals surface area (Å²) in [5.41, 5.74) is 0.213. The maximum absolute atomic E-state index is 12.7. The molecule has 0 spiro atoms. The molecule has 1 N–H and O–H groups in total. The van der Waals surface area contributed by atoms with E-state index in [9.17, 15) is 22.8 Å². The lowest BCUT2D eigenvalue weighted by Gasteiger charge is -2.16. The summed E-state index contributed by atoms with van der Waals surface area (Å²) in [6, 6.07) is 3.78. The molecule has 1 aromatic carbocycles. The number of benzene rings is 1. The summed E-state index contributed by atoms with van der Waals surface area (Å²) in [7, 11) is -2.60. The Morgan fingerprint density at radius 1 is 1.17 bits per heavy atom. The molecule has 0 saturated carbocycles. The van der Waals surface area contributed by atoms with Gasteiger partial charge in [-0.05, 0) is 24.1 Å².